The largest absolute Gasteiger partial charge is 0.322 e. The van der Waals surface area contributed by atoms with Crippen molar-refractivity contribution in [3.05, 3.63) is 63.5 Å². The van der Waals surface area contributed by atoms with Gasteiger partial charge in [0.1, 0.15) is 11.6 Å². The van der Waals surface area contributed by atoms with E-state index >= 15 is 0 Å². The van der Waals surface area contributed by atoms with Gasteiger partial charge in [-0.1, -0.05) is 0 Å². The Kier molecular flexibility index (Phi) is 5.89. The van der Waals surface area contributed by atoms with Crippen molar-refractivity contribution in [2.45, 2.75) is 19.5 Å². The van der Waals surface area contributed by atoms with Gasteiger partial charge in [-0.25, -0.2) is 13.8 Å². The summed E-state index contributed by atoms with van der Waals surface area (Å²) < 4.78 is 28.6. The van der Waals surface area contributed by atoms with Gasteiger partial charge in [-0.3, -0.25) is 23.8 Å². The highest BCUT2D eigenvalue weighted by Gasteiger charge is 2.26. The summed E-state index contributed by atoms with van der Waals surface area (Å²) in [6.07, 6.45) is 1.71. The molecule has 0 bridgehead atoms. The van der Waals surface area contributed by atoms with E-state index in [0.29, 0.717) is 37.7 Å². The SMILES string of the molecule is CC(C(=O)Nc1cc(F)ccc1F)N1CCN(Cc2cc(=O)n3ccsc3n2)CC1. The van der Waals surface area contributed by atoms with Gasteiger partial charge in [0, 0.05) is 56.4 Å². The first-order chi connectivity index (χ1) is 14.4. The summed E-state index contributed by atoms with van der Waals surface area (Å²) in [4.78, 5) is 34.0. The first-order valence-electron chi connectivity index (χ1n) is 9.59. The Balaban J connectivity index is 1.33. The number of halogens is 2. The maximum absolute atomic E-state index is 13.8. The van der Waals surface area contributed by atoms with Gasteiger partial charge < -0.3 is 5.32 Å². The summed E-state index contributed by atoms with van der Waals surface area (Å²) in [5.41, 5.74) is 0.472. The molecule has 0 radical (unpaired) electrons. The third-order valence-corrected chi connectivity index (χ3v) is 6.02. The van der Waals surface area contributed by atoms with E-state index in [4.69, 9.17) is 0 Å². The Hall–Kier alpha value is -2.69. The lowest BCUT2D eigenvalue weighted by molar-refractivity contribution is -0.121. The average Bonchev–Trinajstić information content (AvgIpc) is 3.20. The second-order valence-electron chi connectivity index (χ2n) is 7.24. The number of thiazole rings is 1. The molecule has 158 valence electrons. The zero-order valence-electron chi connectivity index (χ0n) is 16.3. The van der Waals surface area contributed by atoms with Crippen molar-refractivity contribution < 1.29 is 13.6 Å². The highest BCUT2D eigenvalue weighted by atomic mass is 32.1. The summed E-state index contributed by atoms with van der Waals surface area (Å²) in [6, 6.07) is 4.03. The number of fused-ring (bicyclic) bond motifs is 1. The van der Waals surface area contributed by atoms with E-state index in [1.54, 1.807) is 19.2 Å². The zero-order valence-corrected chi connectivity index (χ0v) is 17.2. The minimum atomic E-state index is -0.673. The van der Waals surface area contributed by atoms with E-state index in [2.05, 4.69) is 15.2 Å². The number of piperazine rings is 1. The second-order valence-corrected chi connectivity index (χ2v) is 8.12. The minimum Gasteiger partial charge on any atom is -0.322 e. The molecule has 10 heteroatoms. The van der Waals surface area contributed by atoms with Crippen LogP contribution in [0.2, 0.25) is 0 Å². The number of rotatable bonds is 5. The summed E-state index contributed by atoms with van der Waals surface area (Å²) in [5, 5.41) is 4.29. The molecule has 30 heavy (non-hydrogen) atoms. The first kappa shape index (κ1) is 20.6. The van der Waals surface area contributed by atoms with Gasteiger partial charge >= 0.3 is 0 Å². The van der Waals surface area contributed by atoms with Crippen LogP contribution in [0.15, 0.2) is 40.6 Å². The van der Waals surface area contributed by atoms with Crippen molar-refractivity contribution in [1.29, 1.82) is 0 Å². The van der Waals surface area contributed by atoms with E-state index in [1.165, 1.54) is 15.7 Å². The molecule has 1 aromatic carbocycles. The normalized spacial score (nSPS) is 16.6. The molecule has 2 aromatic heterocycles. The molecular weight excluding hydrogens is 412 g/mol. The fourth-order valence-electron chi connectivity index (χ4n) is 3.50. The standard InChI is InChI=1S/C20H21F2N5O2S/c1-13(19(29)24-17-10-14(21)2-3-16(17)22)26-6-4-25(5-7-26)12-15-11-18(28)27-8-9-30-20(27)23-15/h2-3,8-11,13H,4-7,12H2,1H3,(H,24,29). The summed E-state index contributed by atoms with van der Waals surface area (Å²) in [6.45, 7) is 5.00. The zero-order chi connectivity index (χ0) is 21.3. The topological polar surface area (TPSA) is 70.0 Å². The van der Waals surface area contributed by atoms with Gasteiger partial charge in [0.05, 0.1) is 17.4 Å². The van der Waals surface area contributed by atoms with E-state index in [9.17, 15) is 18.4 Å². The average molecular weight is 433 g/mol. The molecule has 0 saturated carbocycles. The molecule has 3 heterocycles. The summed E-state index contributed by atoms with van der Waals surface area (Å²) >= 11 is 1.42. The number of aromatic nitrogens is 2. The molecule has 0 spiro atoms. The Morgan fingerprint density at radius 1 is 1.23 bits per heavy atom. The molecule has 4 rings (SSSR count). The van der Waals surface area contributed by atoms with Crippen molar-refractivity contribution in [1.82, 2.24) is 19.2 Å². The number of benzene rings is 1. The number of anilines is 1. The molecule has 3 aromatic rings. The van der Waals surface area contributed by atoms with Crippen molar-refractivity contribution in [2.75, 3.05) is 31.5 Å². The first-order valence-corrected chi connectivity index (χ1v) is 10.5. The van der Waals surface area contributed by atoms with Crippen LogP contribution in [0.1, 0.15) is 12.6 Å². The lowest BCUT2D eigenvalue weighted by Gasteiger charge is -2.37. The number of hydrogen-bond donors (Lipinski definition) is 1. The van der Waals surface area contributed by atoms with E-state index in [-0.39, 0.29) is 17.2 Å². The molecule has 1 unspecified atom stereocenters. The summed E-state index contributed by atoms with van der Waals surface area (Å²) in [7, 11) is 0. The van der Waals surface area contributed by atoms with Crippen LogP contribution in [-0.4, -0.2) is 57.3 Å². The van der Waals surface area contributed by atoms with Gasteiger partial charge in [0.15, 0.2) is 4.96 Å². The predicted octanol–water partition coefficient (Wildman–Crippen LogP) is 2.18. The molecule has 0 aliphatic carbocycles. The Morgan fingerprint density at radius 3 is 2.77 bits per heavy atom. The number of carbonyl (C=O) groups excluding carboxylic acids is 1. The van der Waals surface area contributed by atoms with Crippen LogP contribution in [0, 0.1) is 11.6 Å². The molecule has 1 aliphatic rings. The maximum Gasteiger partial charge on any atom is 0.258 e. The molecule has 1 saturated heterocycles. The highest BCUT2D eigenvalue weighted by molar-refractivity contribution is 7.15. The Morgan fingerprint density at radius 2 is 2.00 bits per heavy atom. The molecule has 1 N–H and O–H groups in total. The van der Waals surface area contributed by atoms with Crippen molar-refractivity contribution >= 4 is 27.9 Å². The van der Waals surface area contributed by atoms with E-state index in [0.717, 1.165) is 23.9 Å². The molecule has 1 aliphatic heterocycles. The number of carbonyl (C=O) groups is 1. The van der Waals surface area contributed by atoms with Crippen LogP contribution in [0.5, 0.6) is 0 Å². The van der Waals surface area contributed by atoms with Gasteiger partial charge in [-0.15, -0.1) is 11.3 Å². The van der Waals surface area contributed by atoms with Gasteiger partial charge in [0.25, 0.3) is 5.56 Å². The molecular formula is C20H21F2N5O2S. The number of nitrogens with one attached hydrogen (secondary N) is 1. The third-order valence-electron chi connectivity index (χ3n) is 5.26. The van der Waals surface area contributed by atoms with Crippen molar-refractivity contribution in [3.8, 4) is 0 Å². The van der Waals surface area contributed by atoms with Gasteiger partial charge in [-0.05, 0) is 19.1 Å². The number of amides is 1. The van der Waals surface area contributed by atoms with Crippen molar-refractivity contribution in [3.63, 3.8) is 0 Å². The Labute approximate surface area is 175 Å². The Bertz CT molecular complexity index is 1120. The van der Waals surface area contributed by atoms with Crippen LogP contribution in [0.3, 0.4) is 0 Å². The molecule has 1 amide bonds. The van der Waals surface area contributed by atoms with Crippen LogP contribution in [0.25, 0.3) is 4.96 Å². The molecule has 1 fully saturated rings. The van der Waals surface area contributed by atoms with Crippen LogP contribution >= 0.6 is 11.3 Å². The van der Waals surface area contributed by atoms with E-state index in [1.807, 2.05) is 10.3 Å². The van der Waals surface area contributed by atoms with Crippen LogP contribution in [0.4, 0.5) is 14.5 Å². The van der Waals surface area contributed by atoms with Gasteiger partial charge in [0.2, 0.25) is 5.91 Å². The lowest BCUT2D eigenvalue weighted by atomic mass is 10.2. The summed E-state index contributed by atoms with van der Waals surface area (Å²) in [5.74, 6) is -1.67. The van der Waals surface area contributed by atoms with Gasteiger partial charge in [-0.2, -0.15) is 0 Å². The quantitative estimate of drug-likeness (QED) is 0.668. The minimum absolute atomic E-state index is 0.0928. The van der Waals surface area contributed by atoms with Crippen LogP contribution < -0.4 is 10.9 Å². The fraction of sp³-hybridized carbons (Fsp3) is 0.350. The van der Waals surface area contributed by atoms with Crippen LogP contribution in [-0.2, 0) is 11.3 Å². The second kappa shape index (κ2) is 8.58. The lowest BCUT2D eigenvalue weighted by Crippen LogP contribution is -2.52. The fourth-order valence-corrected chi connectivity index (χ4v) is 4.24. The predicted molar refractivity (Wildman–Crippen MR) is 111 cm³/mol. The smallest absolute Gasteiger partial charge is 0.258 e. The monoisotopic (exact) mass is 433 g/mol. The van der Waals surface area contributed by atoms with E-state index < -0.39 is 17.7 Å². The number of nitrogens with zero attached hydrogens (tertiary/aromatic N) is 4. The molecule has 1 atom stereocenters. The number of hydrogen-bond acceptors (Lipinski definition) is 6. The third kappa shape index (κ3) is 4.40. The molecule has 7 nitrogen and oxygen atoms in total. The maximum atomic E-state index is 13.8. The highest BCUT2D eigenvalue weighted by Crippen LogP contribution is 2.17. The van der Waals surface area contributed by atoms with Crippen molar-refractivity contribution in [2.24, 2.45) is 0 Å².